The number of thiazole rings is 1. The van der Waals surface area contributed by atoms with Crippen LogP contribution in [0.3, 0.4) is 0 Å². The molecule has 0 fully saturated rings. The zero-order valence-corrected chi connectivity index (χ0v) is 17.6. The Morgan fingerprint density at radius 1 is 1.10 bits per heavy atom. The van der Waals surface area contributed by atoms with Crippen LogP contribution in [0.2, 0.25) is 0 Å². The van der Waals surface area contributed by atoms with Gasteiger partial charge < -0.3 is 0 Å². The molecule has 0 saturated carbocycles. The van der Waals surface area contributed by atoms with Crippen molar-refractivity contribution in [2.24, 2.45) is 0 Å². The molecule has 0 unspecified atom stereocenters. The second kappa shape index (κ2) is 7.57. The minimum absolute atomic E-state index is 0.0689. The van der Waals surface area contributed by atoms with E-state index in [0.717, 1.165) is 53.1 Å². The SMILES string of the molecule is O=C(CSc1nc2ccc([N+](=O)[O-])cc2s1)n1c2c(c3c1CCCC3)CCCC2. The van der Waals surface area contributed by atoms with Crippen molar-refractivity contribution in [1.29, 1.82) is 0 Å². The Hall–Kier alpha value is -2.19. The molecule has 5 rings (SSSR count). The third-order valence-electron chi connectivity index (χ3n) is 5.91. The molecule has 2 aliphatic carbocycles. The summed E-state index contributed by atoms with van der Waals surface area (Å²) in [7, 11) is 0. The normalized spacial score (nSPS) is 15.9. The van der Waals surface area contributed by atoms with Gasteiger partial charge in [-0.05, 0) is 68.6 Å². The molecule has 1 aromatic carbocycles. The van der Waals surface area contributed by atoms with E-state index >= 15 is 0 Å². The summed E-state index contributed by atoms with van der Waals surface area (Å²) >= 11 is 2.85. The Balaban J connectivity index is 1.39. The maximum absolute atomic E-state index is 13.2. The summed E-state index contributed by atoms with van der Waals surface area (Å²) in [6, 6.07) is 4.70. The maximum atomic E-state index is 13.2. The topological polar surface area (TPSA) is 78.0 Å². The van der Waals surface area contributed by atoms with Crippen molar-refractivity contribution in [2.45, 2.75) is 55.7 Å². The Labute approximate surface area is 176 Å². The predicted molar refractivity (Wildman–Crippen MR) is 115 cm³/mol. The number of rotatable bonds is 4. The fourth-order valence-electron chi connectivity index (χ4n) is 4.64. The number of thioether (sulfide) groups is 1. The summed E-state index contributed by atoms with van der Waals surface area (Å²) in [5.41, 5.74) is 6.24. The van der Waals surface area contributed by atoms with E-state index in [9.17, 15) is 14.9 Å². The molecule has 6 nitrogen and oxygen atoms in total. The largest absolute Gasteiger partial charge is 0.287 e. The highest BCUT2D eigenvalue weighted by molar-refractivity contribution is 8.01. The van der Waals surface area contributed by atoms with Gasteiger partial charge in [0, 0.05) is 23.5 Å². The number of hydrogen-bond acceptors (Lipinski definition) is 6. The van der Waals surface area contributed by atoms with E-state index in [4.69, 9.17) is 0 Å². The molecule has 0 N–H and O–H groups in total. The van der Waals surface area contributed by atoms with E-state index in [0.29, 0.717) is 5.75 Å². The number of hydrogen-bond donors (Lipinski definition) is 0. The summed E-state index contributed by atoms with van der Waals surface area (Å²) in [5.74, 6) is 0.483. The molecule has 150 valence electrons. The lowest BCUT2D eigenvalue weighted by molar-refractivity contribution is -0.384. The van der Waals surface area contributed by atoms with Gasteiger partial charge in [-0.25, -0.2) is 4.98 Å². The predicted octanol–water partition coefficient (Wildman–Crippen LogP) is 5.20. The summed E-state index contributed by atoms with van der Waals surface area (Å²) in [6.45, 7) is 0. The molecule has 8 heteroatoms. The van der Waals surface area contributed by atoms with Crippen molar-refractivity contribution in [1.82, 2.24) is 9.55 Å². The number of nitro groups is 1. The average molecular weight is 428 g/mol. The van der Waals surface area contributed by atoms with Gasteiger partial charge in [-0.1, -0.05) is 11.8 Å². The second-order valence-electron chi connectivity index (χ2n) is 7.67. The molecule has 0 radical (unpaired) electrons. The first-order valence-electron chi connectivity index (χ1n) is 10.1. The first kappa shape index (κ1) is 18.8. The van der Waals surface area contributed by atoms with Gasteiger partial charge in [0.15, 0.2) is 4.34 Å². The van der Waals surface area contributed by atoms with Crippen LogP contribution in [0, 0.1) is 10.1 Å². The lowest BCUT2D eigenvalue weighted by atomic mass is 9.89. The molecule has 0 aliphatic heterocycles. The molecule has 2 aliphatic rings. The lowest BCUT2D eigenvalue weighted by Crippen LogP contribution is -2.21. The number of fused-ring (bicyclic) bond motifs is 4. The van der Waals surface area contributed by atoms with Crippen LogP contribution in [0.25, 0.3) is 10.2 Å². The number of aromatic nitrogens is 2. The van der Waals surface area contributed by atoms with Crippen LogP contribution in [0.15, 0.2) is 22.5 Å². The fourth-order valence-corrected chi connectivity index (χ4v) is 6.59. The van der Waals surface area contributed by atoms with Gasteiger partial charge in [0.05, 0.1) is 20.9 Å². The minimum atomic E-state index is -0.395. The number of nitro benzene ring substituents is 1. The van der Waals surface area contributed by atoms with Gasteiger partial charge in [-0.2, -0.15) is 0 Å². The summed E-state index contributed by atoms with van der Waals surface area (Å²) in [5, 5.41) is 11.0. The van der Waals surface area contributed by atoms with Crippen molar-refractivity contribution in [3.05, 3.63) is 50.8 Å². The van der Waals surface area contributed by atoms with Gasteiger partial charge >= 0.3 is 0 Å². The van der Waals surface area contributed by atoms with E-state index in [2.05, 4.69) is 4.98 Å². The Morgan fingerprint density at radius 3 is 2.41 bits per heavy atom. The lowest BCUT2D eigenvalue weighted by Gasteiger charge is -2.16. The van der Waals surface area contributed by atoms with Crippen molar-refractivity contribution in [3.63, 3.8) is 0 Å². The molecule has 3 aromatic rings. The Morgan fingerprint density at radius 2 is 1.76 bits per heavy atom. The van der Waals surface area contributed by atoms with Crippen LogP contribution in [0.1, 0.15) is 53.0 Å². The molecule has 2 aromatic heterocycles. The van der Waals surface area contributed by atoms with Crippen LogP contribution in [0.4, 0.5) is 5.69 Å². The van der Waals surface area contributed by atoms with Gasteiger partial charge in [0.25, 0.3) is 5.69 Å². The quantitative estimate of drug-likeness (QED) is 0.325. The molecule has 29 heavy (non-hydrogen) atoms. The highest BCUT2D eigenvalue weighted by atomic mass is 32.2. The van der Waals surface area contributed by atoms with Crippen LogP contribution in [-0.4, -0.2) is 26.1 Å². The zero-order valence-electron chi connectivity index (χ0n) is 16.0. The summed E-state index contributed by atoms with van der Waals surface area (Å²) in [4.78, 5) is 28.3. The standard InChI is InChI=1S/C21H21N3O3S2/c25-20(12-28-21-22-16-10-9-13(24(26)27)11-19(16)29-21)23-17-7-3-1-5-14(17)15-6-2-4-8-18(15)23/h9-11H,1-8,12H2. The molecule has 0 bridgehead atoms. The van der Waals surface area contributed by atoms with E-state index in [1.807, 2.05) is 4.57 Å². The smallest absolute Gasteiger partial charge is 0.270 e. The van der Waals surface area contributed by atoms with Crippen molar-refractivity contribution >= 4 is 44.9 Å². The molecular weight excluding hydrogens is 406 g/mol. The zero-order chi connectivity index (χ0) is 20.0. The number of non-ortho nitro benzene ring substituents is 1. The van der Waals surface area contributed by atoms with Crippen molar-refractivity contribution < 1.29 is 9.72 Å². The van der Waals surface area contributed by atoms with E-state index in [1.165, 1.54) is 64.5 Å². The number of nitrogens with zero attached hydrogens (tertiary/aromatic N) is 3. The summed E-state index contributed by atoms with van der Waals surface area (Å²) in [6.07, 6.45) is 9.00. The average Bonchev–Trinajstić information content (AvgIpc) is 3.30. The van der Waals surface area contributed by atoms with E-state index < -0.39 is 4.92 Å². The minimum Gasteiger partial charge on any atom is -0.287 e. The van der Waals surface area contributed by atoms with Crippen LogP contribution >= 0.6 is 23.1 Å². The van der Waals surface area contributed by atoms with Gasteiger partial charge in [-0.15, -0.1) is 11.3 Å². The maximum Gasteiger partial charge on any atom is 0.270 e. The van der Waals surface area contributed by atoms with Gasteiger partial charge in [0.1, 0.15) is 0 Å². The first-order chi connectivity index (χ1) is 14.1. The fraction of sp³-hybridized carbons (Fsp3) is 0.429. The summed E-state index contributed by atoms with van der Waals surface area (Å²) < 4.78 is 3.60. The number of benzene rings is 1. The van der Waals surface area contributed by atoms with Crippen molar-refractivity contribution in [2.75, 3.05) is 5.75 Å². The monoisotopic (exact) mass is 427 g/mol. The third-order valence-corrected chi connectivity index (χ3v) is 8.06. The first-order valence-corrected chi connectivity index (χ1v) is 11.9. The van der Waals surface area contributed by atoms with Crippen LogP contribution in [-0.2, 0) is 25.7 Å². The Bertz CT molecular complexity index is 1100. The van der Waals surface area contributed by atoms with E-state index in [-0.39, 0.29) is 11.6 Å². The van der Waals surface area contributed by atoms with Crippen LogP contribution < -0.4 is 0 Å². The van der Waals surface area contributed by atoms with Gasteiger partial charge in [-0.3, -0.25) is 19.5 Å². The highest BCUT2D eigenvalue weighted by Gasteiger charge is 2.28. The molecule has 0 amide bonds. The molecular formula is C21H21N3O3S2. The third kappa shape index (κ3) is 3.38. The molecule has 0 spiro atoms. The van der Waals surface area contributed by atoms with E-state index in [1.54, 1.807) is 12.1 Å². The molecule has 0 saturated heterocycles. The number of carbonyl (C=O) groups excluding carboxylic acids is 1. The molecule has 0 atom stereocenters. The van der Waals surface area contributed by atoms with Crippen LogP contribution in [0.5, 0.6) is 0 Å². The molecule has 2 heterocycles. The Kier molecular flexibility index (Phi) is 4.91. The van der Waals surface area contributed by atoms with Gasteiger partial charge in [0.2, 0.25) is 5.91 Å². The highest BCUT2D eigenvalue weighted by Crippen LogP contribution is 2.36. The second-order valence-corrected chi connectivity index (χ2v) is 9.92. The van der Waals surface area contributed by atoms with Crippen molar-refractivity contribution in [3.8, 4) is 0 Å². The number of carbonyl (C=O) groups is 1.